The predicted molar refractivity (Wildman–Crippen MR) is 93.0 cm³/mol. The predicted octanol–water partition coefficient (Wildman–Crippen LogP) is 4.64. The lowest BCUT2D eigenvalue weighted by molar-refractivity contribution is 0.199. The average molecular weight is 366 g/mol. The lowest BCUT2D eigenvalue weighted by Gasteiger charge is -2.10. The molecule has 1 N–H and O–H groups in total. The summed E-state index contributed by atoms with van der Waals surface area (Å²) >= 11 is 5.39. The van der Waals surface area contributed by atoms with Gasteiger partial charge in [0.05, 0.1) is 6.61 Å². The van der Waals surface area contributed by atoms with Crippen molar-refractivity contribution in [2.75, 3.05) is 20.3 Å². The van der Waals surface area contributed by atoms with Crippen LogP contribution in [0.25, 0.3) is 0 Å². The van der Waals surface area contributed by atoms with Crippen LogP contribution < -0.4 is 5.32 Å². The molecule has 0 aliphatic heterocycles. The topological polar surface area (TPSA) is 21.3 Å². The Labute approximate surface area is 139 Å². The summed E-state index contributed by atoms with van der Waals surface area (Å²) in [7, 11) is 1.72. The Morgan fingerprint density at radius 2 is 1.95 bits per heavy atom. The second-order valence-electron chi connectivity index (χ2n) is 4.80. The molecule has 0 fully saturated rings. The van der Waals surface area contributed by atoms with Crippen molar-refractivity contribution in [1.82, 2.24) is 5.32 Å². The van der Waals surface area contributed by atoms with Crippen molar-refractivity contribution in [3.8, 4) is 0 Å². The van der Waals surface area contributed by atoms with Gasteiger partial charge in [-0.2, -0.15) is 0 Å². The molecule has 112 valence electrons. The van der Waals surface area contributed by atoms with Crippen molar-refractivity contribution in [3.05, 3.63) is 58.1 Å². The fourth-order valence-electron chi connectivity index (χ4n) is 1.99. The van der Waals surface area contributed by atoms with E-state index in [1.165, 1.54) is 20.9 Å². The van der Waals surface area contributed by atoms with Gasteiger partial charge < -0.3 is 10.1 Å². The van der Waals surface area contributed by atoms with Crippen molar-refractivity contribution in [1.29, 1.82) is 0 Å². The van der Waals surface area contributed by atoms with Crippen LogP contribution in [0.3, 0.4) is 0 Å². The summed E-state index contributed by atoms with van der Waals surface area (Å²) in [5.74, 6) is 0. The number of halogens is 1. The van der Waals surface area contributed by atoms with Crippen molar-refractivity contribution in [2.24, 2.45) is 0 Å². The molecule has 0 spiro atoms. The van der Waals surface area contributed by atoms with Crippen LogP contribution in [-0.2, 0) is 11.3 Å². The van der Waals surface area contributed by atoms with Gasteiger partial charge in [0, 0.05) is 34.5 Å². The minimum atomic E-state index is 0.745. The second kappa shape index (κ2) is 8.59. The molecule has 0 unspecified atom stereocenters. The fourth-order valence-corrected chi connectivity index (χ4v) is 3.42. The highest BCUT2D eigenvalue weighted by Crippen LogP contribution is 2.35. The largest absolute Gasteiger partial charge is 0.383 e. The maximum atomic E-state index is 5.03. The summed E-state index contributed by atoms with van der Waals surface area (Å²) in [5, 5.41) is 3.37. The molecular formula is C17H20BrNOS. The summed E-state index contributed by atoms with van der Waals surface area (Å²) in [5.41, 5.74) is 2.61. The third kappa shape index (κ3) is 5.15. The first-order valence-corrected chi connectivity index (χ1v) is 8.53. The normalized spacial score (nSPS) is 10.8. The maximum Gasteiger partial charge on any atom is 0.0587 e. The number of aryl methyl sites for hydroxylation is 1. The Balaban J connectivity index is 2.01. The van der Waals surface area contributed by atoms with E-state index in [-0.39, 0.29) is 0 Å². The van der Waals surface area contributed by atoms with Gasteiger partial charge in [0.15, 0.2) is 0 Å². The molecule has 2 aromatic carbocycles. The van der Waals surface area contributed by atoms with Gasteiger partial charge in [0.25, 0.3) is 0 Å². The van der Waals surface area contributed by atoms with E-state index in [9.17, 15) is 0 Å². The zero-order valence-electron chi connectivity index (χ0n) is 12.4. The minimum Gasteiger partial charge on any atom is -0.383 e. The number of rotatable bonds is 7. The van der Waals surface area contributed by atoms with Crippen molar-refractivity contribution in [2.45, 2.75) is 23.3 Å². The van der Waals surface area contributed by atoms with Gasteiger partial charge in [-0.05, 0) is 52.2 Å². The standard InChI is InChI=1S/C17H20BrNOS/c1-13-11-14(12-19-9-10-20-2)7-8-16(13)21-17-6-4-3-5-15(17)18/h3-8,11,19H,9-10,12H2,1-2H3. The first-order valence-electron chi connectivity index (χ1n) is 6.92. The molecule has 0 atom stereocenters. The molecule has 2 rings (SSSR count). The molecular weight excluding hydrogens is 346 g/mol. The van der Waals surface area contributed by atoms with Crippen LogP contribution in [0.15, 0.2) is 56.7 Å². The van der Waals surface area contributed by atoms with Crippen molar-refractivity contribution < 1.29 is 4.74 Å². The molecule has 0 heterocycles. The highest BCUT2D eigenvalue weighted by Gasteiger charge is 2.05. The number of methoxy groups -OCH3 is 1. The smallest absolute Gasteiger partial charge is 0.0587 e. The molecule has 2 nitrogen and oxygen atoms in total. The van der Waals surface area contributed by atoms with E-state index in [1.807, 2.05) is 6.07 Å². The van der Waals surface area contributed by atoms with E-state index in [1.54, 1.807) is 18.9 Å². The summed E-state index contributed by atoms with van der Waals surface area (Å²) in [6.45, 7) is 4.67. The molecule has 0 radical (unpaired) electrons. The summed E-state index contributed by atoms with van der Waals surface area (Å²) in [4.78, 5) is 2.54. The monoisotopic (exact) mass is 365 g/mol. The molecule has 2 aromatic rings. The van der Waals surface area contributed by atoms with Crippen LogP contribution in [0, 0.1) is 6.92 Å². The molecule has 0 aromatic heterocycles. The van der Waals surface area contributed by atoms with Crippen molar-refractivity contribution in [3.63, 3.8) is 0 Å². The summed E-state index contributed by atoms with van der Waals surface area (Å²) < 4.78 is 6.17. The lowest BCUT2D eigenvalue weighted by atomic mass is 10.1. The van der Waals surface area contributed by atoms with Gasteiger partial charge in [-0.3, -0.25) is 0 Å². The number of hydrogen-bond donors (Lipinski definition) is 1. The lowest BCUT2D eigenvalue weighted by Crippen LogP contribution is -2.18. The first-order chi connectivity index (χ1) is 10.2. The van der Waals surface area contributed by atoms with Crippen molar-refractivity contribution >= 4 is 27.7 Å². The zero-order valence-corrected chi connectivity index (χ0v) is 14.8. The van der Waals surface area contributed by atoms with Crippen LogP contribution in [-0.4, -0.2) is 20.3 Å². The summed E-state index contributed by atoms with van der Waals surface area (Å²) in [6, 6.07) is 14.9. The molecule has 0 bridgehead atoms. The first kappa shape index (κ1) is 16.6. The van der Waals surface area contributed by atoms with Crippen LogP contribution in [0.4, 0.5) is 0 Å². The average Bonchev–Trinajstić information content (AvgIpc) is 2.48. The number of benzene rings is 2. The fraction of sp³-hybridized carbons (Fsp3) is 0.294. The SMILES string of the molecule is COCCNCc1ccc(Sc2ccccc2Br)c(C)c1. The van der Waals surface area contributed by atoms with E-state index in [0.717, 1.165) is 24.2 Å². The molecule has 0 aliphatic rings. The number of ether oxygens (including phenoxy) is 1. The Morgan fingerprint density at radius 1 is 1.14 bits per heavy atom. The molecule has 0 saturated heterocycles. The quantitative estimate of drug-likeness (QED) is 0.721. The summed E-state index contributed by atoms with van der Waals surface area (Å²) in [6.07, 6.45) is 0. The van der Waals surface area contributed by atoms with E-state index in [2.05, 4.69) is 64.6 Å². The second-order valence-corrected chi connectivity index (χ2v) is 6.74. The van der Waals surface area contributed by atoms with Crippen LogP contribution in [0.2, 0.25) is 0 Å². The van der Waals surface area contributed by atoms with E-state index in [4.69, 9.17) is 4.74 Å². The van der Waals surface area contributed by atoms with Gasteiger partial charge >= 0.3 is 0 Å². The Bertz CT molecular complexity index is 589. The third-order valence-corrected chi connectivity index (χ3v) is 5.32. The number of hydrogen-bond acceptors (Lipinski definition) is 3. The van der Waals surface area contributed by atoms with Crippen LogP contribution in [0.5, 0.6) is 0 Å². The molecule has 0 amide bonds. The van der Waals surface area contributed by atoms with E-state index < -0.39 is 0 Å². The molecule has 4 heteroatoms. The maximum absolute atomic E-state index is 5.03. The number of nitrogens with one attached hydrogen (secondary N) is 1. The molecule has 21 heavy (non-hydrogen) atoms. The Morgan fingerprint density at radius 3 is 2.67 bits per heavy atom. The third-order valence-electron chi connectivity index (χ3n) is 3.11. The van der Waals surface area contributed by atoms with Gasteiger partial charge in [0.1, 0.15) is 0 Å². The minimum absolute atomic E-state index is 0.745. The van der Waals surface area contributed by atoms with Gasteiger partial charge in [-0.1, -0.05) is 36.0 Å². The highest BCUT2D eigenvalue weighted by atomic mass is 79.9. The van der Waals surface area contributed by atoms with E-state index in [0.29, 0.717) is 0 Å². The van der Waals surface area contributed by atoms with Gasteiger partial charge in [0.2, 0.25) is 0 Å². The van der Waals surface area contributed by atoms with Crippen LogP contribution >= 0.6 is 27.7 Å². The molecule has 0 saturated carbocycles. The van der Waals surface area contributed by atoms with Gasteiger partial charge in [-0.15, -0.1) is 0 Å². The highest BCUT2D eigenvalue weighted by molar-refractivity contribution is 9.10. The van der Waals surface area contributed by atoms with E-state index >= 15 is 0 Å². The van der Waals surface area contributed by atoms with Gasteiger partial charge in [-0.25, -0.2) is 0 Å². The Hall–Kier alpha value is -0.810. The molecule has 0 aliphatic carbocycles. The zero-order chi connectivity index (χ0) is 15.1. The Kier molecular flexibility index (Phi) is 6.77. The van der Waals surface area contributed by atoms with Crippen LogP contribution in [0.1, 0.15) is 11.1 Å².